The molecule has 0 radical (unpaired) electrons. The molecular weight excluding hydrogens is 271 g/mol. The highest BCUT2D eigenvalue weighted by molar-refractivity contribution is 9.09. The summed E-state index contributed by atoms with van der Waals surface area (Å²) in [6.07, 6.45) is -0.564. The van der Waals surface area contributed by atoms with Gasteiger partial charge in [-0.1, -0.05) is 39.1 Å². The van der Waals surface area contributed by atoms with Gasteiger partial charge in [-0.15, -0.1) is 11.3 Å². The Morgan fingerprint density at radius 3 is 2.64 bits per heavy atom. The summed E-state index contributed by atoms with van der Waals surface area (Å²) in [5, 5.41) is 9.81. The molecule has 0 aromatic carbocycles. The molecule has 0 saturated heterocycles. The largest absolute Gasteiger partial charge is 0.387 e. The third kappa shape index (κ3) is 2.33. The Morgan fingerprint density at radius 1 is 1.64 bits per heavy atom. The highest BCUT2D eigenvalue weighted by atomic mass is 79.9. The van der Waals surface area contributed by atoms with Crippen LogP contribution in [0.5, 0.6) is 0 Å². The van der Waals surface area contributed by atoms with Crippen molar-refractivity contribution < 1.29 is 5.11 Å². The monoisotopic (exact) mass is 274 g/mol. The standard InChI is InChI=1S/C6H5BrCl2OS/c7-2-4(10)3-1-5(8)11-6(3)9/h1,4,10H,2H2. The second kappa shape index (κ2) is 4.10. The first kappa shape index (κ1) is 9.81. The molecular formula is C6H5BrCl2OS. The summed E-state index contributed by atoms with van der Waals surface area (Å²) in [6, 6.07) is 1.68. The minimum Gasteiger partial charge on any atom is -0.387 e. The SMILES string of the molecule is OC(CBr)c1cc(Cl)sc1Cl. The van der Waals surface area contributed by atoms with Gasteiger partial charge in [0.05, 0.1) is 10.4 Å². The summed E-state index contributed by atoms with van der Waals surface area (Å²) in [6.45, 7) is 0. The van der Waals surface area contributed by atoms with Crippen LogP contribution in [-0.4, -0.2) is 10.4 Å². The molecule has 1 atom stereocenters. The average molecular weight is 276 g/mol. The van der Waals surface area contributed by atoms with Crippen molar-refractivity contribution in [1.29, 1.82) is 0 Å². The molecule has 0 spiro atoms. The Hall–Kier alpha value is 0.720. The molecule has 0 fully saturated rings. The fraction of sp³-hybridized carbons (Fsp3) is 0.333. The van der Waals surface area contributed by atoms with Gasteiger partial charge >= 0.3 is 0 Å². The number of alkyl halides is 1. The molecule has 5 heteroatoms. The van der Waals surface area contributed by atoms with Gasteiger partial charge in [0, 0.05) is 10.9 Å². The van der Waals surface area contributed by atoms with Crippen LogP contribution >= 0.6 is 50.5 Å². The van der Waals surface area contributed by atoms with E-state index in [0.717, 1.165) is 0 Å². The summed E-state index contributed by atoms with van der Waals surface area (Å²) in [5.41, 5.74) is 0.693. The Morgan fingerprint density at radius 2 is 2.27 bits per heavy atom. The summed E-state index contributed by atoms with van der Waals surface area (Å²) in [4.78, 5) is 0. The molecule has 1 N–H and O–H groups in total. The van der Waals surface area contributed by atoms with Gasteiger partial charge in [0.15, 0.2) is 0 Å². The van der Waals surface area contributed by atoms with Crippen LogP contribution in [0, 0.1) is 0 Å². The average Bonchev–Trinajstić information content (AvgIpc) is 2.28. The number of rotatable bonds is 2. The molecule has 1 heterocycles. The van der Waals surface area contributed by atoms with Crippen LogP contribution in [0.3, 0.4) is 0 Å². The van der Waals surface area contributed by atoms with Crippen LogP contribution in [0.4, 0.5) is 0 Å². The molecule has 0 bridgehead atoms. The minimum absolute atomic E-state index is 0.472. The quantitative estimate of drug-likeness (QED) is 0.820. The van der Waals surface area contributed by atoms with E-state index in [2.05, 4.69) is 15.9 Å². The Labute approximate surface area is 87.1 Å². The van der Waals surface area contributed by atoms with E-state index < -0.39 is 6.10 Å². The van der Waals surface area contributed by atoms with E-state index in [-0.39, 0.29) is 0 Å². The molecule has 1 unspecified atom stereocenters. The molecule has 0 aliphatic rings. The summed E-state index contributed by atoms with van der Waals surface area (Å²) in [7, 11) is 0. The number of aliphatic hydroxyl groups is 1. The van der Waals surface area contributed by atoms with Gasteiger partial charge in [-0.25, -0.2) is 0 Å². The van der Waals surface area contributed by atoms with Crippen LogP contribution in [0.2, 0.25) is 8.67 Å². The lowest BCUT2D eigenvalue weighted by Crippen LogP contribution is -1.95. The van der Waals surface area contributed by atoms with E-state index in [1.54, 1.807) is 6.07 Å². The zero-order chi connectivity index (χ0) is 8.43. The third-order valence-electron chi connectivity index (χ3n) is 1.19. The van der Waals surface area contributed by atoms with E-state index in [9.17, 15) is 5.11 Å². The lowest BCUT2D eigenvalue weighted by molar-refractivity contribution is 0.206. The van der Waals surface area contributed by atoms with Crippen LogP contribution < -0.4 is 0 Å². The second-order valence-corrected chi connectivity index (χ2v) is 4.88. The molecule has 1 nitrogen and oxygen atoms in total. The summed E-state index contributed by atoms with van der Waals surface area (Å²) in [5.74, 6) is 0. The Bertz CT molecular complexity index is 251. The molecule has 11 heavy (non-hydrogen) atoms. The number of aliphatic hydroxyl groups excluding tert-OH is 1. The van der Waals surface area contributed by atoms with Gasteiger partial charge in [-0.05, 0) is 6.07 Å². The predicted octanol–water partition coefficient (Wildman–Crippen LogP) is 3.48. The number of halogens is 3. The fourth-order valence-electron chi connectivity index (χ4n) is 0.663. The van der Waals surface area contributed by atoms with Crippen molar-refractivity contribution in [2.75, 3.05) is 5.33 Å². The molecule has 1 rings (SSSR count). The van der Waals surface area contributed by atoms with Crippen molar-refractivity contribution in [2.24, 2.45) is 0 Å². The van der Waals surface area contributed by atoms with Gasteiger partial charge in [0.2, 0.25) is 0 Å². The molecule has 0 aliphatic carbocycles. The van der Waals surface area contributed by atoms with Gasteiger partial charge in [-0.3, -0.25) is 0 Å². The van der Waals surface area contributed by atoms with Crippen molar-refractivity contribution in [3.05, 3.63) is 20.3 Å². The van der Waals surface area contributed by atoms with Crippen LogP contribution in [0.15, 0.2) is 6.07 Å². The summed E-state index contributed by atoms with van der Waals surface area (Å²) < 4.78 is 1.16. The van der Waals surface area contributed by atoms with Crippen LogP contribution in [-0.2, 0) is 0 Å². The first-order valence-corrected chi connectivity index (χ1v) is 5.53. The third-order valence-corrected chi connectivity index (χ3v) is 3.32. The highest BCUT2D eigenvalue weighted by Gasteiger charge is 2.13. The zero-order valence-electron chi connectivity index (χ0n) is 5.35. The van der Waals surface area contributed by atoms with Crippen molar-refractivity contribution >= 4 is 50.5 Å². The maximum absolute atomic E-state index is 9.34. The number of thiophene rings is 1. The van der Waals surface area contributed by atoms with E-state index in [1.807, 2.05) is 0 Å². The van der Waals surface area contributed by atoms with E-state index in [1.165, 1.54) is 11.3 Å². The maximum Gasteiger partial charge on any atom is 0.100 e. The first-order valence-electron chi connectivity index (χ1n) is 2.84. The van der Waals surface area contributed by atoms with E-state index >= 15 is 0 Å². The minimum atomic E-state index is -0.564. The van der Waals surface area contributed by atoms with Gasteiger partial charge in [0.25, 0.3) is 0 Å². The molecule has 1 aromatic heterocycles. The number of hydrogen-bond acceptors (Lipinski definition) is 2. The Kier molecular flexibility index (Phi) is 3.65. The van der Waals surface area contributed by atoms with E-state index in [4.69, 9.17) is 23.2 Å². The molecule has 62 valence electrons. The van der Waals surface area contributed by atoms with Crippen molar-refractivity contribution in [3.63, 3.8) is 0 Å². The van der Waals surface area contributed by atoms with E-state index in [0.29, 0.717) is 19.6 Å². The van der Waals surface area contributed by atoms with Gasteiger partial charge in [-0.2, -0.15) is 0 Å². The normalized spacial score (nSPS) is 13.5. The molecule has 0 saturated carbocycles. The highest BCUT2D eigenvalue weighted by Crippen LogP contribution is 2.35. The summed E-state index contributed by atoms with van der Waals surface area (Å²) >= 11 is 15.9. The van der Waals surface area contributed by atoms with Crippen molar-refractivity contribution in [3.8, 4) is 0 Å². The first-order chi connectivity index (χ1) is 5.15. The van der Waals surface area contributed by atoms with Gasteiger partial charge < -0.3 is 5.11 Å². The fourth-order valence-corrected chi connectivity index (χ4v) is 2.58. The lowest BCUT2D eigenvalue weighted by Gasteiger charge is -2.02. The maximum atomic E-state index is 9.34. The smallest absolute Gasteiger partial charge is 0.100 e. The molecule has 0 aliphatic heterocycles. The lowest BCUT2D eigenvalue weighted by atomic mass is 10.2. The van der Waals surface area contributed by atoms with Crippen LogP contribution in [0.1, 0.15) is 11.7 Å². The van der Waals surface area contributed by atoms with Crippen molar-refractivity contribution in [2.45, 2.75) is 6.10 Å². The second-order valence-electron chi connectivity index (χ2n) is 1.95. The predicted molar refractivity (Wildman–Crippen MR) is 53.1 cm³/mol. The number of hydrogen-bond donors (Lipinski definition) is 1. The van der Waals surface area contributed by atoms with Crippen LogP contribution in [0.25, 0.3) is 0 Å². The van der Waals surface area contributed by atoms with Crippen molar-refractivity contribution in [1.82, 2.24) is 0 Å². The van der Waals surface area contributed by atoms with Gasteiger partial charge in [0.1, 0.15) is 4.34 Å². The topological polar surface area (TPSA) is 20.2 Å². The Balaban J connectivity index is 2.93. The molecule has 0 amide bonds. The zero-order valence-corrected chi connectivity index (χ0v) is 9.27. The molecule has 1 aromatic rings.